The topological polar surface area (TPSA) is 113 Å². The van der Waals surface area contributed by atoms with Crippen LogP contribution in [0.5, 0.6) is 0 Å². The molecule has 3 rings (SSSR count). The first-order valence-electron chi connectivity index (χ1n) is 8.50. The van der Waals surface area contributed by atoms with E-state index in [9.17, 15) is 22.0 Å². The molecule has 1 amide bonds. The molecule has 8 nitrogen and oxygen atoms in total. The molecule has 0 spiro atoms. The molecule has 2 aliphatic rings. The Kier molecular flexibility index (Phi) is 5.78. The Morgan fingerprint density at radius 3 is 2.34 bits per heavy atom. The van der Waals surface area contributed by atoms with Gasteiger partial charge in [-0.2, -0.15) is 0 Å². The van der Waals surface area contributed by atoms with Crippen LogP contribution in [0.2, 0.25) is 0 Å². The van der Waals surface area contributed by atoms with Gasteiger partial charge in [0, 0.05) is 0 Å². The number of alkyl halides is 1. The Hall–Kier alpha value is -1.59. The number of carbonyl (C=O) groups excluding carboxylic acids is 1. The molecule has 0 saturated carbocycles. The van der Waals surface area contributed by atoms with Crippen molar-refractivity contribution in [3.05, 3.63) is 29.3 Å². The lowest BCUT2D eigenvalue weighted by atomic mass is 9.89. The van der Waals surface area contributed by atoms with Gasteiger partial charge in [0.15, 0.2) is 9.84 Å². The molecular weight excluding hydrogens is 438 g/mol. The molecule has 0 radical (unpaired) electrons. The summed E-state index contributed by atoms with van der Waals surface area (Å²) in [5.41, 5.74) is -3.56. The average molecular weight is 457 g/mol. The molecule has 2 fully saturated rings. The van der Waals surface area contributed by atoms with E-state index in [0.717, 1.165) is 17.0 Å². The van der Waals surface area contributed by atoms with Crippen molar-refractivity contribution in [2.45, 2.75) is 24.6 Å². The second-order valence-corrected chi connectivity index (χ2v) is 10.9. The smallest absolute Gasteiger partial charge is 0.414 e. The molecule has 2 N–H and O–H groups in total. The van der Waals surface area contributed by atoms with Gasteiger partial charge in [-0.1, -0.05) is 0 Å². The van der Waals surface area contributed by atoms with Crippen molar-refractivity contribution in [2.75, 3.05) is 29.6 Å². The monoisotopic (exact) mass is 457 g/mol. The van der Waals surface area contributed by atoms with Gasteiger partial charge in [0.1, 0.15) is 23.4 Å². The van der Waals surface area contributed by atoms with Crippen molar-refractivity contribution in [2.24, 2.45) is 0 Å². The van der Waals surface area contributed by atoms with Gasteiger partial charge in [-0.25, -0.2) is 26.4 Å². The maximum Gasteiger partial charge on any atom is 0.414 e. The quantitative estimate of drug-likeness (QED) is 0.649. The standard InChI is InChI=1S/C16H19F3NO7PS/c1-28(22,23)26-9-11-8-20(15(21)27-11)10-6-12(17)14(13(18)7-10)16(19)2-4-29(24,25)5-3-16/h6-7,11,22-23H,1-5,8-9H2/t11-/m1/s1. The highest BCUT2D eigenvalue weighted by Gasteiger charge is 2.43. The number of benzene rings is 1. The summed E-state index contributed by atoms with van der Waals surface area (Å²) in [6.07, 6.45) is -0.0244. The van der Waals surface area contributed by atoms with E-state index < -0.39 is 83.4 Å². The molecule has 162 valence electrons. The first-order valence-corrected chi connectivity index (χ1v) is 12.1. The van der Waals surface area contributed by atoms with Crippen LogP contribution in [0.25, 0.3) is 0 Å². The van der Waals surface area contributed by atoms with E-state index >= 15 is 4.39 Å². The maximum absolute atomic E-state index is 15.1. The van der Waals surface area contributed by atoms with Gasteiger partial charge in [0.05, 0.1) is 35.9 Å². The lowest BCUT2D eigenvalue weighted by molar-refractivity contribution is 0.0977. The predicted molar refractivity (Wildman–Crippen MR) is 99.1 cm³/mol. The highest BCUT2D eigenvalue weighted by Crippen LogP contribution is 2.42. The summed E-state index contributed by atoms with van der Waals surface area (Å²) in [7, 11) is -7.24. The number of hydrogen-bond acceptors (Lipinski definition) is 7. The van der Waals surface area contributed by atoms with Gasteiger partial charge in [-0.3, -0.25) is 4.90 Å². The van der Waals surface area contributed by atoms with Crippen molar-refractivity contribution in [1.82, 2.24) is 0 Å². The average Bonchev–Trinajstić information content (AvgIpc) is 2.96. The van der Waals surface area contributed by atoms with Crippen molar-refractivity contribution in [3.63, 3.8) is 0 Å². The van der Waals surface area contributed by atoms with E-state index in [-0.39, 0.29) is 12.2 Å². The van der Waals surface area contributed by atoms with Gasteiger partial charge in [-0.05, 0) is 31.3 Å². The zero-order valence-electron chi connectivity index (χ0n) is 15.1. The van der Waals surface area contributed by atoms with Crippen LogP contribution >= 0.6 is 7.57 Å². The highest BCUT2D eigenvalue weighted by atomic mass is 32.2. The molecule has 2 heterocycles. The van der Waals surface area contributed by atoms with Crippen LogP contribution in [0.3, 0.4) is 0 Å². The molecule has 1 aromatic rings. The predicted octanol–water partition coefficient (Wildman–Crippen LogP) is 1.86. The van der Waals surface area contributed by atoms with Gasteiger partial charge in [0.2, 0.25) is 7.57 Å². The summed E-state index contributed by atoms with van der Waals surface area (Å²) in [6.45, 7) is -0.590. The molecule has 29 heavy (non-hydrogen) atoms. The van der Waals surface area contributed by atoms with Crippen LogP contribution in [0.4, 0.5) is 23.7 Å². The van der Waals surface area contributed by atoms with Gasteiger partial charge >= 0.3 is 6.09 Å². The largest absolute Gasteiger partial charge is 0.441 e. The van der Waals surface area contributed by atoms with E-state index in [1.807, 2.05) is 0 Å². The molecular formula is C16H19F3NO7PS. The first kappa shape index (κ1) is 22.1. The molecule has 1 aromatic carbocycles. The third-order valence-electron chi connectivity index (χ3n) is 4.75. The fourth-order valence-electron chi connectivity index (χ4n) is 3.28. The first-order chi connectivity index (χ1) is 13.3. The zero-order valence-corrected chi connectivity index (χ0v) is 16.8. The maximum atomic E-state index is 15.1. The number of sulfone groups is 1. The number of rotatable bonds is 5. The molecule has 0 unspecified atom stereocenters. The molecule has 2 saturated heterocycles. The normalized spacial score (nSPS) is 23.8. The number of cyclic esters (lactones) is 1. The Morgan fingerprint density at radius 2 is 1.83 bits per heavy atom. The van der Waals surface area contributed by atoms with Crippen LogP contribution in [0, 0.1) is 11.6 Å². The summed E-state index contributed by atoms with van der Waals surface area (Å²) in [4.78, 5) is 31.1. The summed E-state index contributed by atoms with van der Waals surface area (Å²) >= 11 is 0. The lowest BCUT2D eigenvalue weighted by Gasteiger charge is -2.30. The Balaban J connectivity index is 1.81. The van der Waals surface area contributed by atoms with Crippen LogP contribution < -0.4 is 4.90 Å². The molecule has 1 atom stereocenters. The van der Waals surface area contributed by atoms with Crippen LogP contribution in [0.15, 0.2) is 12.1 Å². The van der Waals surface area contributed by atoms with Crippen molar-refractivity contribution >= 4 is 35.5 Å². The van der Waals surface area contributed by atoms with Gasteiger partial charge in [0.25, 0.3) is 0 Å². The number of carbonyl (C=O) groups is 1. The van der Waals surface area contributed by atoms with E-state index in [1.54, 1.807) is 0 Å². The summed E-state index contributed by atoms with van der Waals surface area (Å²) in [5, 5.41) is 0. The summed E-state index contributed by atoms with van der Waals surface area (Å²) < 4.78 is 76.9. The fraction of sp³-hybridized carbons (Fsp3) is 0.500. The van der Waals surface area contributed by atoms with Gasteiger partial charge in [-0.15, -0.1) is 0 Å². The number of hydrogen-bond donors (Lipinski definition) is 2. The van der Waals surface area contributed by atoms with Crippen molar-refractivity contribution < 1.29 is 45.4 Å². The minimum atomic E-state index is -3.80. The van der Waals surface area contributed by atoms with E-state index in [2.05, 4.69) is 10.8 Å². The van der Waals surface area contributed by atoms with Crippen LogP contribution in [-0.2, 0) is 24.8 Å². The molecule has 0 aliphatic carbocycles. The van der Waals surface area contributed by atoms with Crippen molar-refractivity contribution in [3.8, 4) is 0 Å². The SMILES string of the molecule is C=P(O)(O)OC[C@H]1CN(c2cc(F)c(C3(F)CCS(=O)(=O)CC3)c(F)c2)C(=O)O1. The summed E-state index contributed by atoms with van der Waals surface area (Å²) in [5.74, 6) is -3.53. The van der Waals surface area contributed by atoms with E-state index in [1.165, 1.54) is 0 Å². The zero-order chi connectivity index (χ0) is 21.6. The molecule has 0 bridgehead atoms. The highest BCUT2D eigenvalue weighted by molar-refractivity contribution is 7.91. The summed E-state index contributed by atoms with van der Waals surface area (Å²) in [6, 6.07) is 1.54. The van der Waals surface area contributed by atoms with Crippen molar-refractivity contribution in [1.29, 1.82) is 0 Å². The number of amides is 1. The number of ether oxygens (including phenoxy) is 1. The Morgan fingerprint density at radius 1 is 1.28 bits per heavy atom. The minimum Gasteiger partial charge on any atom is -0.441 e. The van der Waals surface area contributed by atoms with Gasteiger partial charge < -0.3 is 19.0 Å². The number of anilines is 1. The second-order valence-electron chi connectivity index (χ2n) is 6.98. The second kappa shape index (κ2) is 7.59. The van der Waals surface area contributed by atoms with E-state index in [4.69, 9.17) is 14.5 Å². The Bertz CT molecular complexity index is 944. The lowest BCUT2D eigenvalue weighted by Crippen LogP contribution is -2.35. The third kappa shape index (κ3) is 4.95. The van der Waals surface area contributed by atoms with Crippen LogP contribution in [0.1, 0.15) is 18.4 Å². The Labute approximate surface area is 165 Å². The third-order valence-corrected chi connectivity index (χ3v) is 6.96. The number of halogens is 3. The molecule has 0 aromatic heterocycles. The minimum absolute atomic E-state index is 0.198. The fourth-order valence-corrected chi connectivity index (χ4v) is 5.16. The van der Waals surface area contributed by atoms with E-state index in [0.29, 0.717) is 0 Å². The number of nitrogens with zero attached hydrogens (tertiary/aromatic N) is 1. The molecule has 2 aliphatic heterocycles. The van der Waals surface area contributed by atoms with Crippen LogP contribution in [-0.4, -0.2) is 61.4 Å². The molecule has 13 heteroatoms.